The fraction of sp³-hybridized carbons (Fsp3) is 0.118. The van der Waals surface area contributed by atoms with Gasteiger partial charge in [-0.05, 0) is 48.5 Å². The van der Waals surface area contributed by atoms with Gasteiger partial charge in [-0.2, -0.15) is 4.98 Å². The van der Waals surface area contributed by atoms with Gasteiger partial charge in [-0.1, -0.05) is 16.8 Å². The number of amides is 2. The van der Waals surface area contributed by atoms with Crippen LogP contribution in [0.25, 0.3) is 11.4 Å². The molecular weight excluding hydrogens is 344 g/mol. The molecule has 25 heavy (non-hydrogen) atoms. The van der Waals surface area contributed by atoms with Crippen LogP contribution in [0.1, 0.15) is 5.89 Å². The van der Waals surface area contributed by atoms with Crippen molar-refractivity contribution >= 4 is 23.3 Å². The number of ether oxygens (including phenoxy) is 1. The number of nitrogens with zero attached hydrogens (tertiary/aromatic N) is 2. The third-order valence-electron chi connectivity index (χ3n) is 3.32. The summed E-state index contributed by atoms with van der Waals surface area (Å²) in [5.41, 5.74) is 1.42. The molecule has 128 valence electrons. The van der Waals surface area contributed by atoms with E-state index in [4.69, 9.17) is 20.9 Å². The van der Waals surface area contributed by atoms with Gasteiger partial charge in [-0.3, -0.25) is 0 Å². The van der Waals surface area contributed by atoms with Crippen LogP contribution in [0, 0.1) is 0 Å². The number of aromatic nitrogens is 2. The van der Waals surface area contributed by atoms with Crippen molar-refractivity contribution in [1.82, 2.24) is 15.5 Å². The zero-order valence-electron chi connectivity index (χ0n) is 13.3. The molecule has 0 bridgehead atoms. The molecule has 1 heterocycles. The molecule has 0 aliphatic heterocycles. The number of benzene rings is 2. The summed E-state index contributed by atoms with van der Waals surface area (Å²) in [5, 5.41) is 9.82. The smallest absolute Gasteiger partial charge is 0.319 e. The Morgan fingerprint density at radius 3 is 2.56 bits per heavy atom. The summed E-state index contributed by atoms with van der Waals surface area (Å²) >= 11 is 5.80. The molecule has 0 aliphatic carbocycles. The normalized spacial score (nSPS) is 10.3. The summed E-state index contributed by atoms with van der Waals surface area (Å²) < 4.78 is 10.2. The summed E-state index contributed by atoms with van der Waals surface area (Å²) in [6.45, 7) is 0.114. The van der Waals surface area contributed by atoms with Crippen LogP contribution >= 0.6 is 11.6 Å². The first-order chi connectivity index (χ1) is 12.1. The maximum absolute atomic E-state index is 11.9. The van der Waals surface area contributed by atoms with Gasteiger partial charge in [0.05, 0.1) is 13.7 Å². The van der Waals surface area contributed by atoms with E-state index in [9.17, 15) is 4.79 Å². The largest absolute Gasteiger partial charge is 0.497 e. The van der Waals surface area contributed by atoms with Crippen LogP contribution < -0.4 is 15.4 Å². The summed E-state index contributed by atoms with van der Waals surface area (Å²) in [6.07, 6.45) is 0. The molecule has 0 radical (unpaired) electrons. The third-order valence-corrected chi connectivity index (χ3v) is 3.57. The van der Waals surface area contributed by atoms with E-state index >= 15 is 0 Å². The Bertz CT molecular complexity index is 847. The Labute approximate surface area is 149 Å². The number of methoxy groups -OCH3 is 1. The highest BCUT2D eigenvalue weighted by molar-refractivity contribution is 6.30. The highest BCUT2D eigenvalue weighted by atomic mass is 35.5. The van der Waals surface area contributed by atoms with Crippen molar-refractivity contribution in [2.24, 2.45) is 0 Å². The van der Waals surface area contributed by atoms with E-state index in [-0.39, 0.29) is 12.6 Å². The quantitative estimate of drug-likeness (QED) is 0.725. The Morgan fingerprint density at radius 2 is 1.88 bits per heavy atom. The highest BCUT2D eigenvalue weighted by Crippen LogP contribution is 2.19. The van der Waals surface area contributed by atoms with Gasteiger partial charge in [-0.25, -0.2) is 4.79 Å². The second-order valence-electron chi connectivity index (χ2n) is 5.05. The summed E-state index contributed by atoms with van der Waals surface area (Å²) in [7, 11) is 1.60. The molecule has 2 N–H and O–H groups in total. The van der Waals surface area contributed by atoms with Crippen molar-refractivity contribution in [3.8, 4) is 17.1 Å². The molecule has 0 spiro atoms. The summed E-state index contributed by atoms with van der Waals surface area (Å²) in [4.78, 5) is 16.1. The maximum atomic E-state index is 11.9. The van der Waals surface area contributed by atoms with Crippen LogP contribution in [0.3, 0.4) is 0 Å². The lowest BCUT2D eigenvalue weighted by atomic mass is 10.2. The number of hydrogen-bond donors (Lipinski definition) is 2. The van der Waals surface area contributed by atoms with Crippen LogP contribution in [0.2, 0.25) is 5.02 Å². The van der Waals surface area contributed by atoms with Crippen molar-refractivity contribution in [3.05, 3.63) is 59.4 Å². The van der Waals surface area contributed by atoms with Crippen LogP contribution in [0.15, 0.2) is 53.1 Å². The van der Waals surface area contributed by atoms with E-state index in [0.717, 1.165) is 11.3 Å². The molecule has 0 unspecified atom stereocenters. The first-order valence-electron chi connectivity index (χ1n) is 7.41. The Kier molecular flexibility index (Phi) is 5.15. The monoisotopic (exact) mass is 358 g/mol. The number of rotatable bonds is 5. The molecule has 8 heteroatoms. The lowest BCUT2D eigenvalue weighted by molar-refractivity contribution is 0.249. The molecule has 0 aliphatic rings. The average Bonchev–Trinajstić information content (AvgIpc) is 3.11. The lowest BCUT2D eigenvalue weighted by Gasteiger charge is -2.05. The number of urea groups is 1. The van der Waals surface area contributed by atoms with Crippen LogP contribution in [-0.4, -0.2) is 23.3 Å². The molecule has 0 saturated carbocycles. The van der Waals surface area contributed by atoms with Crippen molar-refractivity contribution < 1.29 is 14.1 Å². The molecule has 2 amide bonds. The van der Waals surface area contributed by atoms with Crippen molar-refractivity contribution in [2.75, 3.05) is 12.4 Å². The minimum Gasteiger partial charge on any atom is -0.497 e. The predicted octanol–water partition coefficient (Wildman–Crippen LogP) is 3.72. The van der Waals surface area contributed by atoms with Gasteiger partial charge in [-0.15, -0.1) is 0 Å². The van der Waals surface area contributed by atoms with E-state index in [2.05, 4.69) is 20.8 Å². The zero-order valence-corrected chi connectivity index (χ0v) is 14.1. The van der Waals surface area contributed by atoms with E-state index in [1.54, 1.807) is 31.4 Å². The summed E-state index contributed by atoms with van der Waals surface area (Å²) in [6, 6.07) is 13.7. The molecular formula is C17H15ClN4O3. The van der Waals surface area contributed by atoms with Crippen molar-refractivity contribution in [1.29, 1.82) is 0 Å². The SMILES string of the molecule is COc1ccc(-c2noc(CNC(=O)Nc3ccc(Cl)cc3)n2)cc1. The van der Waals surface area contributed by atoms with E-state index in [0.29, 0.717) is 22.4 Å². The zero-order chi connectivity index (χ0) is 17.6. The minimum atomic E-state index is -0.383. The topological polar surface area (TPSA) is 89.3 Å². The number of carbonyl (C=O) groups is 1. The van der Waals surface area contributed by atoms with Crippen molar-refractivity contribution in [3.63, 3.8) is 0 Å². The standard InChI is InChI=1S/C17H15ClN4O3/c1-24-14-8-2-11(3-9-14)16-21-15(25-22-16)10-19-17(23)20-13-6-4-12(18)5-7-13/h2-9H,10H2,1H3,(H2,19,20,23). The molecule has 0 atom stereocenters. The fourth-order valence-electron chi connectivity index (χ4n) is 2.05. The third kappa shape index (κ3) is 4.48. The molecule has 0 fully saturated rings. The van der Waals surface area contributed by atoms with Crippen LogP contribution in [0.4, 0.5) is 10.5 Å². The van der Waals surface area contributed by atoms with Gasteiger partial charge in [0.1, 0.15) is 5.75 Å². The van der Waals surface area contributed by atoms with Gasteiger partial charge in [0.15, 0.2) is 0 Å². The molecule has 2 aromatic carbocycles. The van der Waals surface area contributed by atoms with Gasteiger partial charge in [0.25, 0.3) is 0 Å². The first kappa shape index (κ1) is 16.8. The Morgan fingerprint density at radius 1 is 1.16 bits per heavy atom. The predicted molar refractivity (Wildman–Crippen MR) is 93.6 cm³/mol. The molecule has 0 saturated heterocycles. The van der Waals surface area contributed by atoms with Gasteiger partial charge < -0.3 is 19.9 Å². The second-order valence-corrected chi connectivity index (χ2v) is 5.49. The number of nitrogens with one attached hydrogen (secondary N) is 2. The Hall–Kier alpha value is -3.06. The second kappa shape index (κ2) is 7.67. The number of carbonyl (C=O) groups excluding carboxylic acids is 1. The first-order valence-corrected chi connectivity index (χ1v) is 7.79. The average molecular weight is 359 g/mol. The van der Waals surface area contributed by atoms with E-state index in [1.807, 2.05) is 24.3 Å². The van der Waals surface area contributed by atoms with Gasteiger partial charge >= 0.3 is 6.03 Å². The van der Waals surface area contributed by atoms with E-state index in [1.165, 1.54) is 0 Å². The number of anilines is 1. The Balaban J connectivity index is 1.55. The molecule has 3 aromatic rings. The molecule has 7 nitrogen and oxygen atoms in total. The van der Waals surface area contributed by atoms with Gasteiger partial charge in [0, 0.05) is 16.3 Å². The van der Waals surface area contributed by atoms with E-state index < -0.39 is 0 Å². The maximum Gasteiger partial charge on any atom is 0.319 e. The number of hydrogen-bond acceptors (Lipinski definition) is 5. The van der Waals surface area contributed by atoms with Gasteiger partial charge in [0.2, 0.25) is 11.7 Å². The highest BCUT2D eigenvalue weighted by Gasteiger charge is 2.10. The molecule has 1 aromatic heterocycles. The van der Waals surface area contributed by atoms with Crippen molar-refractivity contribution in [2.45, 2.75) is 6.54 Å². The van der Waals surface area contributed by atoms with Crippen LogP contribution in [-0.2, 0) is 6.54 Å². The fourth-order valence-corrected chi connectivity index (χ4v) is 2.17. The van der Waals surface area contributed by atoms with Crippen LogP contribution in [0.5, 0.6) is 5.75 Å². The lowest BCUT2D eigenvalue weighted by Crippen LogP contribution is -2.28. The summed E-state index contributed by atoms with van der Waals surface area (Å²) in [5.74, 6) is 1.49. The minimum absolute atomic E-state index is 0.114. The molecule has 3 rings (SSSR count). The number of halogens is 1.